The van der Waals surface area contributed by atoms with E-state index in [9.17, 15) is 0 Å². The quantitative estimate of drug-likeness (QED) is 0.628. The number of nitrogens with zero attached hydrogens (tertiary/aromatic N) is 2. The smallest absolute Gasteiger partial charge is 0.0917 e. The van der Waals surface area contributed by atoms with Gasteiger partial charge in [-0.25, -0.2) is 0 Å². The van der Waals surface area contributed by atoms with Crippen LogP contribution in [0.15, 0.2) is 18.9 Å². The Morgan fingerprint density at radius 3 is 2.91 bits per heavy atom. The molecular weight excluding hydrogens is 136 g/mol. The van der Waals surface area contributed by atoms with Crippen molar-refractivity contribution in [3.8, 4) is 0 Å². The molecule has 58 valence electrons. The molecule has 0 spiro atoms. The van der Waals surface area contributed by atoms with Crippen LogP contribution in [0.25, 0.3) is 12.2 Å². The number of aryl methyl sites for hydroxylation is 1. The van der Waals surface area contributed by atoms with Crippen molar-refractivity contribution in [2.24, 2.45) is 7.05 Å². The van der Waals surface area contributed by atoms with E-state index in [1.807, 2.05) is 32.3 Å². The molecule has 1 aromatic heterocycles. The molecule has 0 aromatic carbocycles. The number of rotatable bonds is 2. The second-order valence-corrected chi connectivity index (χ2v) is 2.35. The molecule has 2 heteroatoms. The van der Waals surface area contributed by atoms with Crippen molar-refractivity contribution in [2.75, 3.05) is 0 Å². The summed E-state index contributed by atoms with van der Waals surface area (Å²) in [5.74, 6) is 0. The van der Waals surface area contributed by atoms with E-state index in [4.69, 9.17) is 0 Å². The minimum absolute atomic E-state index is 0.936. The number of allylic oxidation sites excluding steroid dienone is 1. The van der Waals surface area contributed by atoms with E-state index in [2.05, 4.69) is 11.7 Å². The predicted octanol–water partition coefficient (Wildman–Crippen LogP) is 2.10. The molecule has 0 bridgehead atoms. The predicted molar refractivity (Wildman–Crippen MR) is 48.0 cm³/mol. The molecule has 0 amide bonds. The molecular formula is C9H12N2. The average molecular weight is 148 g/mol. The summed E-state index contributed by atoms with van der Waals surface area (Å²) in [6, 6.07) is 0. The summed E-state index contributed by atoms with van der Waals surface area (Å²) in [6.45, 7) is 5.66. The SMILES string of the molecule is C=Cc1nn(C)cc1/C=C\C. The van der Waals surface area contributed by atoms with Gasteiger partial charge in [0.25, 0.3) is 0 Å². The molecule has 0 saturated heterocycles. The molecule has 1 heterocycles. The standard InChI is InChI=1S/C9H12N2/c1-4-6-8-7-11(3)10-9(8)5-2/h4-7H,2H2,1,3H3/b6-4-. The topological polar surface area (TPSA) is 17.8 Å². The Morgan fingerprint density at radius 2 is 2.36 bits per heavy atom. The Balaban J connectivity index is 3.11. The minimum Gasteiger partial charge on any atom is -0.275 e. The maximum Gasteiger partial charge on any atom is 0.0917 e. The van der Waals surface area contributed by atoms with E-state index in [-0.39, 0.29) is 0 Å². The van der Waals surface area contributed by atoms with Crippen molar-refractivity contribution in [3.63, 3.8) is 0 Å². The van der Waals surface area contributed by atoms with Gasteiger partial charge in [0.15, 0.2) is 0 Å². The number of aromatic nitrogens is 2. The molecule has 1 rings (SSSR count). The first-order chi connectivity index (χ1) is 5.27. The van der Waals surface area contributed by atoms with Crippen LogP contribution in [-0.2, 0) is 7.05 Å². The van der Waals surface area contributed by atoms with Crippen molar-refractivity contribution in [1.82, 2.24) is 9.78 Å². The lowest BCUT2D eigenvalue weighted by Crippen LogP contribution is -1.86. The van der Waals surface area contributed by atoms with Crippen molar-refractivity contribution >= 4 is 12.2 Å². The van der Waals surface area contributed by atoms with E-state index in [0.29, 0.717) is 0 Å². The van der Waals surface area contributed by atoms with E-state index in [0.717, 1.165) is 11.3 Å². The zero-order valence-electron chi connectivity index (χ0n) is 6.91. The van der Waals surface area contributed by atoms with Gasteiger partial charge < -0.3 is 0 Å². The van der Waals surface area contributed by atoms with E-state index < -0.39 is 0 Å². The van der Waals surface area contributed by atoms with Gasteiger partial charge in [0, 0.05) is 18.8 Å². The molecule has 0 aliphatic carbocycles. The summed E-state index contributed by atoms with van der Waals surface area (Å²) in [7, 11) is 1.90. The molecule has 0 radical (unpaired) electrons. The molecule has 0 aliphatic rings. The highest BCUT2D eigenvalue weighted by molar-refractivity contribution is 5.60. The van der Waals surface area contributed by atoms with Crippen LogP contribution in [0.1, 0.15) is 18.2 Å². The summed E-state index contributed by atoms with van der Waals surface area (Å²) >= 11 is 0. The highest BCUT2D eigenvalue weighted by Gasteiger charge is 1.98. The molecule has 0 aliphatic heterocycles. The third-order valence-electron chi connectivity index (χ3n) is 1.43. The van der Waals surface area contributed by atoms with Gasteiger partial charge in [-0.05, 0) is 13.0 Å². The van der Waals surface area contributed by atoms with E-state index >= 15 is 0 Å². The van der Waals surface area contributed by atoms with Crippen LogP contribution in [0.2, 0.25) is 0 Å². The van der Waals surface area contributed by atoms with Crippen molar-refractivity contribution in [2.45, 2.75) is 6.92 Å². The monoisotopic (exact) mass is 148 g/mol. The molecule has 11 heavy (non-hydrogen) atoms. The highest BCUT2D eigenvalue weighted by atomic mass is 15.2. The van der Waals surface area contributed by atoms with Crippen molar-refractivity contribution in [3.05, 3.63) is 30.1 Å². The van der Waals surface area contributed by atoms with Gasteiger partial charge in [-0.3, -0.25) is 4.68 Å². The summed E-state index contributed by atoms with van der Waals surface area (Å²) < 4.78 is 1.78. The van der Waals surface area contributed by atoms with Gasteiger partial charge >= 0.3 is 0 Å². The summed E-state index contributed by atoms with van der Waals surface area (Å²) in [5.41, 5.74) is 2.05. The fourth-order valence-corrected chi connectivity index (χ4v) is 0.991. The van der Waals surface area contributed by atoms with E-state index in [1.165, 1.54) is 0 Å². The Hall–Kier alpha value is -1.31. The summed E-state index contributed by atoms with van der Waals surface area (Å²) in [4.78, 5) is 0. The lowest BCUT2D eigenvalue weighted by atomic mass is 10.2. The summed E-state index contributed by atoms with van der Waals surface area (Å²) in [6.07, 6.45) is 7.74. The van der Waals surface area contributed by atoms with Gasteiger partial charge in [-0.1, -0.05) is 18.7 Å². The Morgan fingerprint density at radius 1 is 1.64 bits per heavy atom. The lowest BCUT2D eigenvalue weighted by molar-refractivity contribution is 0.764. The first-order valence-corrected chi connectivity index (χ1v) is 3.56. The average Bonchev–Trinajstić information content (AvgIpc) is 2.32. The van der Waals surface area contributed by atoms with Crippen molar-refractivity contribution < 1.29 is 0 Å². The molecule has 0 saturated carbocycles. The summed E-state index contributed by atoms with van der Waals surface area (Å²) in [5, 5.41) is 4.20. The van der Waals surface area contributed by atoms with Crippen LogP contribution in [0.5, 0.6) is 0 Å². The van der Waals surface area contributed by atoms with Gasteiger partial charge in [0.05, 0.1) is 5.69 Å². The second kappa shape index (κ2) is 3.19. The van der Waals surface area contributed by atoms with Crippen LogP contribution in [0.3, 0.4) is 0 Å². The zero-order valence-corrected chi connectivity index (χ0v) is 6.91. The fraction of sp³-hybridized carbons (Fsp3) is 0.222. The molecule has 0 atom stereocenters. The number of hydrogen-bond acceptors (Lipinski definition) is 1. The third-order valence-corrected chi connectivity index (χ3v) is 1.43. The Labute approximate surface area is 66.8 Å². The molecule has 0 unspecified atom stereocenters. The fourth-order valence-electron chi connectivity index (χ4n) is 0.991. The first-order valence-electron chi connectivity index (χ1n) is 3.56. The Bertz CT molecular complexity index is 282. The third kappa shape index (κ3) is 1.58. The van der Waals surface area contributed by atoms with Gasteiger partial charge in [-0.15, -0.1) is 0 Å². The maximum absolute atomic E-state index is 4.20. The molecule has 0 N–H and O–H groups in total. The van der Waals surface area contributed by atoms with Crippen LogP contribution >= 0.6 is 0 Å². The maximum atomic E-state index is 4.20. The minimum atomic E-state index is 0.936. The van der Waals surface area contributed by atoms with Crippen LogP contribution in [0, 0.1) is 0 Å². The van der Waals surface area contributed by atoms with Gasteiger partial charge in [0.1, 0.15) is 0 Å². The van der Waals surface area contributed by atoms with Crippen LogP contribution in [0.4, 0.5) is 0 Å². The van der Waals surface area contributed by atoms with Gasteiger partial charge in [-0.2, -0.15) is 5.10 Å². The normalized spacial score (nSPS) is 10.7. The second-order valence-electron chi connectivity index (χ2n) is 2.35. The largest absolute Gasteiger partial charge is 0.275 e. The molecule has 1 aromatic rings. The lowest BCUT2D eigenvalue weighted by Gasteiger charge is -1.84. The van der Waals surface area contributed by atoms with Crippen LogP contribution in [-0.4, -0.2) is 9.78 Å². The van der Waals surface area contributed by atoms with Gasteiger partial charge in [0.2, 0.25) is 0 Å². The Kier molecular flexibility index (Phi) is 2.26. The van der Waals surface area contributed by atoms with E-state index in [1.54, 1.807) is 10.8 Å². The number of hydrogen-bond donors (Lipinski definition) is 0. The zero-order chi connectivity index (χ0) is 8.27. The first kappa shape index (κ1) is 7.79. The van der Waals surface area contributed by atoms with Crippen LogP contribution < -0.4 is 0 Å². The highest BCUT2D eigenvalue weighted by Crippen LogP contribution is 2.08. The molecule has 0 fully saturated rings. The van der Waals surface area contributed by atoms with Crippen molar-refractivity contribution in [1.29, 1.82) is 0 Å². The molecule has 2 nitrogen and oxygen atoms in total.